The van der Waals surface area contributed by atoms with E-state index in [0.717, 1.165) is 6.42 Å². The predicted molar refractivity (Wildman–Crippen MR) is 86.7 cm³/mol. The molecule has 0 radical (unpaired) electrons. The molecular weight excluding hydrogens is 300 g/mol. The van der Waals surface area contributed by atoms with E-state index >= 15 is 0 Å². The van der Waals surface area contributed by atoms with Crippen LogP contribution >= 0.6 is 15.9 Å². The molecule has 1 aromatic rings. The lowest BCUT2D eigenvalue weighted by atomic mass is 9.78. The zero-order valence-electron chi connectivity index (χ0n) is 12.1. The first-order valence-electron chi connectivity index (χ1n) is 7.31. The van der Waals surface area contributed by atoms with Gasteiger partial charge in [0.2, 0.25) is 0 Å². The Kier molecular flexibility index (Phi) is 4.91. The van der Waals surface area contributed by atoms with E-state index in [1.165, 1.54) is 48.1 Å². The van der Waals surface area contributed by atoms with Crippen LogP contribution in [0.25, 0.3) is 0 Å². The van der Waals surface area contributed by atoms with Crippen LogP contribution in [0.3, 0.4) is 0 Å². The molecule has 106 valence electrons. The standard InChI is InChI=1S/C16H25BrN2/c1-3-16(2)7-10-19(11-8-16)15-5-4-13(6-9-18)12-14(15)17/h4-5,12H,3,6-11,18H2,1-2H3. The van der Waals surface area contributed by atoms with Crippen molar-refractivity contribution in [1.29, 1.82) is 0 Å². The Morgan fingerprint density at radius 2 is 2.00 bits per heavy atom. The summed E-state index contributed by atoms with van der Waals surface area (Å²) in [5.41, 5.74) is 8.80. The topological polar surface area (TPSA) is 29.3 Å². The van der Waals surface area contributed by atoms with Crippen LogP contribution in [0.1, 0.15) is 38.7 Å². The van der Waals surface area contributed by atoms with Crippen molar-refractivity contribution in [3.05, 3.63) is 28.2 Å². The molecule has 0 amide bonds. The maximum absolute atomic E-state index is 5.61. The molecule has 0 bridgehead atoms. The van der Waals surface area contributed by atoms with Gasteiger partial charge in [-0.2, -0.15) is 0 Å². The van der Waals surface area contributed by atoms with Gasteiger partial charge in [0.25, 0.3) is 0 Å². The van der Waals surface area contributed by atoms with E-state index in [1.54, 1.807) is 0 Å². The summed E-state index contributed by atoms with van der Waals surface area (Å²) in [5, 5.41) is 0. The van der Waals surface area contributed by atoms with Gasteiger partial charge >= 0.3 is 0 Å². The molecule has 3 heteroatoms. The Bertz CT molecular complexity index is 423. The Balaban J connectivity index is 2.07. The van der Waals surface area contributed by atoms with Gasteiger partial charge < -0.3 is 10.6 Å². The lowest BCUT2D eigenvalue weighted by Crippen LogP contribution is -2.38. The first-order chi connectivity index (χ1) is 9.08. The summed E-state index contributed by atoms with van der Waals surface area (Å²) in [6.45, 7) is 7.78. The van der Waals surface area contributed by atoms with Gasteiger partial charge in [-0.3, -0.25) is 0 Å². The number of nitrogens with two attached hydrogens (primary N) is 1. The second kappa shape index (κ2) is 6.27. The molecular formula is C16H25BrN2. The minimum Gasteiger partial charge on any atom is -0.371 e. The third-order valence-electron chi connectivity index (χ3n) is 4.61. The molecule has 1 aromatic carbocycles. The van der Waals surface area contributed by atoms with Gasteiger partial charge in [0.15, 0.2) is 0 Å². The van der Waals surface area contributed by atoms with Crippen LogP contribution in [0, 0.1) is 5.41 Å². The van der Waals surface area contributed by atoms with Crippen LogP contribution in [0.5, 0.6) is 0 Å². The second-order valence-electron chi connectivity index (χ2n) is 5.98. The number of nitrogens with zero attached hydrogens (tertiary/aromatic N) is 1. The van der Waals surface area contributed by atoms with E-state index in [-0.39, 0.29) is 0 Å². The second-order valence-corrected chi connectivity index (χ2v) is 6.83. The molecule has 1 saturated heterocycles. The zero-order valence-corrected chi connectivity index (χ0v) is 13.7. The highest BCUT2D eigenvalue weighted by molar-refractivity contribution is 9.10. The molecule has 1 aliphatic rings. The number of hydrogen-bond donors (Lipinski definition) is 1. The largest absolute Gasteiger partial charge is 0.371 e. The molecule has 2 N–H and O–H groups in total. The van der Waals surface area contributed by atoms with Crippen LogP contribution in [0.4, 0.5) is 5.69 Å². The summed E-state index contributed by atoms with van der Waals surface area (Å²) in [5.74, 6) is 0. The Morgan fingerprint density at radius 1 is 1.32 bits per heavy atom. The summed E-state index contributed by atoms with van der Waals surface area (Å²) < 4.78 is 1.21. The van der Waals surface area contributed by atoms with Crippen molar-refractivity contribution < 1.29 is 0 Å². The fourth-order valence-electron chi connectivity index (χ4n) is 2.77. The number of halogens is 1. The summed E-state index contributed by atoms with van der Waals surface area (Å²) in [6, 6.07) is 6.67. The molecule has 2 rings (SSSR count). The number of piperidine rings is 1. The van der Waals surface area contributed by atoms with Gasteiger partial charge in [-0.15, -0.1) is 0 Å². The van der Waals surface area contributed by atoms with Crippen molar-refractivity contribution in [2.75, 3.05) is 24.5 Å². The molecule has 1 heterocycles. The normalized spacial score (nSPS) is 18.6. The first-order valence-corrected chi connectivity index (χ1v) is 8.11. The highest BCUT2D eigenvalue weighted by Gasteiger charge is 2.28. The van der Waals surface area contributed by atoms with Gasteiger partial charge in [-0.1, -0.05) is 26.3 Å². The van der Waals surface area contributed by atoms with Gasteiger partial charge in [-0.05, 0) is 64.8 Å². The Morgan fingerprint density at radius 3 is 2.53 bits per heavy atom. The summed E-state index contributed by atoms with van der Waals surface area (Å²) in [6.07, 6.45) is 4.82. The predicted octanol–water partition coefficient (Wildman–Crippen LogP) is 3.97. The van der Waals surface area contributed by atoms with E-state index in [1.807, 2.05) is 0 Å². The monoisotopic (exact) mass is 324 g/mol. The third kappa shape index (κ3) is 3.51. The van der Waals surface area contributed by atoms with Crippen molar-refractivity contribution in [2.24, 2.45) is 11.1 Å². The number of rotatable bonds is 4. The highest BCUT2D eigenvalue weighted by Crippen LogP contribution is 2.37. The van der Waals surface area contributed by atoms with Gasteiger partial charge in [-0.25, -0.2) is 0 Å². The van der Waals surface area contributed by atoms with Crippen LogP contribution in [-0.2, 0) is 6.42 Å². The molecule has 0 saturated carbocycles. The summed E-state index contributed by atoms with van der Waals surface area (Å²) in [4.78, 5) is 2.51. The van der Waals surface area contributed by atoms with Crippen molar-refractivity contribution in [1.82, 2.24) is 0 Å². The number of hydrogen-bond acceptors (Lipinski definition) is 2. The first kappa shape index (κ1) is 14.9. The van der Waals surface area contributed by atoms with Crippen molar-refractivity contribution in [2.45, 2.75) is 39.5 Å². The molecule has 19 heavy (non-hydrogen) atoms. The average molecular weight is 325 g/mol. The molecule has 0 spiro atoms. The maximum Gasteiger partial charge on any atom is 0.0510 e. The maximum atomic E-state index is 5.61. The summed E-state index contributed by atoms with van der Waals surface area (Å²) in [7, 11) is 0. The van der Waals surface area contributed by atoms with Gasteiger partial charge in [0, 0.05) is 17.6 Å². The Labute approximate surface area is 125 Å². The molecule has 0 atom stereocenters. The van der Waals surface area contributed by atoms with Crippen LogP contribution in [0.15, 0.2) is 22.7 Å². The van der Waals surface area contributed by atoms with Crippen LogP contribution in [-0.4, -0.2) is 19.6 Å². The van der Waals surface area contributed by atoms with Gasteiger partial charge in [0.05, 0.1) is 5.69 Å². The van der Waals surface area contributed by atoms with Crippen molar-refractivity contribution in [3.8, 4) is 0 Å². The Hall–Kier alpha value is -0.540. The average Bonchev–Trinajstić information content (AvgIpc) is 2.41. The molecule has 0 unspecified atom stereocenters. The van der Waals surface area contributed by atoms with Crippen molar-refractivity contribution in [3.63, 3.8) is 0 Å². The van der Waals surface area contributed by atoms with Crippen LogP contribution < -0.4 is 10.6 Å². The lowest BCUT2D eigenvalue weighted by Gasteiger charge is -2.40. The van der Waals surface area contributed by atoms with E-state index in [2.05, 4.69) is 52.9 Å². The van der Waals surface area contributed by atoms with E-state index in [4.69, 9.17) is 5.73 Å². The minimum atomic E-state index is 0.544. The molecule has 0 aliphatic carbocycles. The lowest BCUT2D eigenvalue weighted by molar-refractivity contribution is 0.238. The molecule has 1 fully saturated rings. The third-order valence-corrected chi connectivity index (χ3v) is 5.25. The smallest absolute Gasteiger partial charge is 0.0510 e. The number of anilines is 1. The fourth-order valence-corrected chi connectivity index (χ4v) is 3.45. The van der Waals surface area contributed by atoms with E-state index in [9.17, 15) is 0 Å². The van der Waals surface area contributed by atoms with Crippen molar-refractivity contribution >= 4 is 21.6 Å². The summed E-state index contributed by atoms with van der Waals surface area (Å²) >= 11 is 3.72. The van der Waals surface area contributed by atoms with Crippen LogP contribution in [0.2, 0.25) is 0 Å². The SMILES string of the molecule is CCC1(C)CCN(c2ccc(CCN)cc2Br)CC1. The molecule has 1 aliphatic heterocycles. The highest BCUT2D eigenvalue weighted by atomic mass is 79.9. The minimum absolute atomic E-state index is 0.544. The molecule has 2 nitrogen and oxygen atoms in total. The quantitative estimate of drug-likeness (QED) is 0.908. The van der Waals surface area contributed by atoms with E-state index in [0.29, 0.717) is 12.0 Å². The molecule has 0 aromatic heterocycles. The number of benzene rings is 1. The van der Waals surface area contributed by atoms with E-state index < -0.39 is 0 Å². The zero-order chi connectivity index (χ0) is 13.9. The van der Waals surface area contributed by atoms with Gasteiger partial charge in [0.1, 0.15) is 0 Å². The fraction of sp³-hybridized carbons (Fsp3) is 0.625.